The van der Waals surface area contributed by atoms with Gasteiger partial charge in [-0.25, -0.2) is 14.1 Å². The number of aryl methyl sites for hydroxylation is 1. The Morgan fingerprint density at radius 2 is 1.86 bits per heavy atom. The van der Waals surface area contributed by atoms with E-state index in [9.17, 15) is 13.6 Å². The van der Waals surface area contributed by atoms with E-state index in [1.165, 1.54) is 12.3 Å². The summed E-state index contributed by atoms with van der Waals surface area (Å²) in [5, 5.41) is 6.56. The van der Waals surface area contributed by atoms with Gasteiger partial charge in [0.2, 0.25) is 5.95 Å². The first kappa shape index (κ1) is 23.8. The summed E-state index contributed by atoms with van der Waals surface area (Å²) in [6.45, 7) is 7.18. The minimum absolute atomic E-state index is 0.0203. The van der Waals surface area contributed by atoms with Gasteiger partial charge in [-0.15, -0.1) is 0 Å². The topological polar surface area (TPSA) is 73.5 Å². The molecule has 1 amide bonds. The van der Waals surface area contributed by atoms with Crippen LogP contribution in [-0.2, 0) is 10.3 Å². The fraction of sp³-hybridized carbons (Fsp3) is 0.393. The Kier molecular flexibility index (Phi) is 5.45. The summed E-state index contributed by atoms with van der Waals surface area (Å²) in [5.74, 6) is -1.77. The molecular formula is C28H29F2N5O2. The molecule has 5 heterocycles. The molecular weight excluding hydrogens is 476 g/mol. The summed E-state index contributed by atoms with van der Waals surface area (Å²) in [4.78, 5) is 17.5. The number of rotatable bonds is 4. The van der Waals surface area contributed by atoms with Crippen LogP contribution in [-0.4, -0.2) is 37.3 Å². The maximum atomic E-state index is 15.0. The normalized spacial score (nSPS) is 21.2. The molecule has 37 heavy (non-hydrogen) atoms. The highest BCUT2D eigenvalue weighted by molar-refractivity contribution is 6.04. The van der Waals surface area contributed by atoms with Gasteiger partial charge in [0.15, 0.2) is 0 Å². The number of benzene rings is 1. The lowest BCUT2D eigenvalue weighted by atomic mass is 9.77. The second kappa shape index (κ2) is 8.48. The van der Waals surface area contributed by atoms with Gasteiger partial charge in [-0.05, 0) is 93.3 Å². The van der Waals surface area contributed by atoms with Crippen LogP contribution in [0, 0.1) is 18.7 Å². The second-order valence-electron chi connectivity index (χ2n) is 11.2. The van der Waals surface area contributed by atoms with Crippen molar-refractivity contribution in [3.8, 4) is 11.1 Å². The van der Waals surface area contributed by atoms with Crippen molar-refractivity contribution in [3.05, 3.63) is 71.4 Å². The number of amides is 1. The summed E-state index contributed by atoms with van der Waals surface area (Å²) in [6, 6.07) is 5.12. The number of hydrogen-bond acceptors (Lipinski definition) is 4. The molecule has 1 aromatic carbocycles. The molecule has 3 aromatic heterocycles. The smallest absolute Gasteiger partial charge is 0.262 e. The average Bonchev–Trinajstić information content (AvgIpc) is 3.46. The first-order valence-electron chi connectivity index (χ1n) is 12.6. The number of nitrogens with zero attached hydrogens (tertiary/aromatic N) is 4. The zero-order valence-electron chi connectivity index (χ0n) is 21.3. The number of ether oxygens (including phenoxy) is 1. The molecule has 2 bridgehead atoms. The van der Waals surface area contributed by atoms with Gasteiger partial charge >= 0.3 is 0 Å². The van der Waals surface area contributed by atoms with E-state index in [1.807, 2.05) is 23.7 Å². The number of pyridine rings is 1. The Bertz CT molecular complexity index is 1520. The largest absolute Gasteiger partial charge is 0.375 e. The van der Waals surface area contributed by atoms with Crippen LogP contribution in [0.5, 0.6) is 0 Å². The minimum Gasteiger partial charge on any atom is -0.375 e. The lowest BCUT2D eigenvalue weighted by Crippen LogP contribution is -2.44. The van der Waals surface area contributed by atoms with Crippen LogP contribution in [0.1, 0.15) is 67.4 Å². The number of nitrogens with one attached hydrogen (secondary N) is 1. The molecule has 1 N–H and O–H groups in total. The highest BCUT2D eigenvalue weighted by Gasteiger charge is 2.40. The third kappa shape index (κ3) is 4.11. The van der Waals surface area contributed by atoms with E-state index in [0.29, 0.717) is 18.1 Å². The van der Waals surface area contributed by atoms with E-state index in [-0.39, 0.29) is 11.3 Å². The maximum Gasteiger partial charge on any atom is 0.262 e. The highest BCUT2D eigenvalue weighted by Crippen LogP contribution is 2.45. The molecule has 1 saturated carbocycles. The van der Waals surface area contributed by atoms with Crippen molar-refractivity contribution in [2.24, 2.45) is 0 Å². The zero-order valence-corrected chi connectivity index (χ0v) is 21.3. The van der Waals surface area contributed by atoms with E-state index in [1.54, 1.807) is 33.0 Å². The van der Waals surface area contributed by atoms with Crippen LogP contribution in [0.15, 0.2) is 43.0 Å². The molecule has 2 saturated heterocycles. The van der Waals surface area contributed by atoms with Gasteiger partial charge in [-0.3, -0.25) is 4.79 Å². The predicted molar refractivity (Wildman–Crippen MR) is 136 cm³/mol. The summed E-state index contributed by atoms with van der Waals surface area (Å²) in [7, 11) is 0. The van der Waals surface area contributed by atoms with Crippen molar-refractivity contribution >= 4 is 17.2 Å². The van der Waals surface area contributed by atoms with Crippen LogP contribution in [0.25, 0.3) is 16.8 Å². The summed E-state index contributed by atoms with van der Waals surface area (Å²) >= 11 is 0. The zero-order chi connectivity index (χ0) is 26.1. The van der Waals surface area contributed by atoms with Crippen molar-refractivity contribution < 1.29 is 18.3 Å². The number of fused-ring (bicyclic) bond motifs is 3. The Labute approximate surface area is 213 Å². The first-order chi connectivity index (χ1) is 17.6. The minimum atomic E-state index is -0.762. The van der Waals surface area contributed by atoms with Crippen LogP contribution in [0.4, 0.5) is 14.5 Å². The van der Waals surface area contributed by atoms with E-state index in [2.05, 4.69) is 21.5 Å². The number of aromatic nitrogens is 4. The third-order valence-electron chi connectivity index (χ3n) is 7.43. The van der Waals surface area contributed by atoms with Crippen LogP contribution in [0.2, 0.25) is 0 Å². The van der Waals surface area contributed by atoms with Crippen molar-refractivity contribution in [2.75, 3.05) is 5.32 Å². The molecule has 4 aromatic rings. The fourth-order valence-electron chi connectivity index (χ4n) is 5.57. The van der Waals surface area contributed by atoms with E-state index >= 15 is 0 Å². The van der Waals surface area contributed by atoms with Gasteiger partial charge in [0.05, 0.1) is 29.6 Å². The Morgan fingerprint density at radius 1 is 1.14 bits per heavy atom. The molecule has 3 aliphatic rings. The number of carbonyl (C=O) groups is 1. The Hall–Kier alpha value is -3.59. The summed E-state index contributed by atoms with van der Waals surface area (Å²) in [5.41, 5.74) is 3.55. The van der Waals surface area contributed by atoms with Gasteiger partial charge in [-0.2, -0.15) is 9.49 Å². The molecule has 2 atom stereocenters. The monoisotopic (exact) mass is 505 g/mol. The summed E-state index contributed by atoms with van der Waals surface area (Å²) in [6.07, 6.45) is 10.5. The first-order valence-corrected chi connectivity index (χ1v) is 12.6. The van der Waals surface area contributed by atoms with Crippen molar-refractivity contribution in [3.63, 3.8) is 0 Å². The van der Waals surface area contributed by atoms with Gasteiger partial charge < -0.3 is 14.5 Å². The van der Waals surface area contributed by atoms with Gasteiger partial charge in [0, 0.05) is 18.6 Å². The predicted octanol–water partition coefficient (Wildman–Crippen LogP) is 5.83. The quantitative estimate of drug-likeness (QED) is 0.379. The average molecular weight is 506 g/mol. The highest BCUT2D eigenvalue weighted by atomic mass is 19.1. The van der Waals surface area contributed by atoms with E-state index in [4.69, 9.17) is 4.74 Å². The Morgan fingerprint density at radius 3 is 2.54 bits per heavy atom. The lowest BCUT2D eigenvalue weighted by molar-refractivity contribution is -0.162. The second-order valence-corrected chi connectivity index (χ2v) is 11.2. The van der Waals surface area contributed by atoms with Crippen LogP contribution >= 0.6 is 0 Å². The number of anilines is 1. The van der Waals surface area contributed by atoms with Crippen LogP contribution in [0.3, 0.4) is 0 Å². The van der Waals surface area contributed by atoms with Gasteiger partial charge in [0.1, 0.15) is 17.0 Å². The molecule has 9 heteroatoms. The molecule has 7 nitrogen and oxygen atoms in total. The number of imidazole rings is 1. The third-order valence-corrected chi connectivity index (χ3v) is 7.43. The molecule has 2 aliphatic heterocycles. The molecule has 3 fully saturated rings. The number of halogens is 2. The van der Waals surface area contributed by atoms with Crippen molar-refractivity contribution in [1.29, 1.82) is 0 Å². The van der Waals surface area contributed by atoms with E-state index < -0.39 is 23.2 Å². The molecule has 2 unspecified atom stereocenters. The van der Waals surface area contributed by atoms with Crippen molar-refractivity contribution in [2.45, 2.75) is 70.6 Å². The molecule has 1 aliphatic carbocycles. The van der Waals surface area contributed by atoms with Crippen LogP contribution < -0.4 is 5.32 Å². The lowest BCUT2D eigenvalue weighted by Gasteiger charge is -2.45. The standard InChI is InChI=1S/C28H29F2N5O2/c1-15-7-23(29)24(33-27(36)22-13-32-35(25(22)30)28(2,3)4)12-20(15)17-10-21(26-31-5-6-34(26)14-17)16-8-18-11-19(9-16)37-18/h5-7,10,12-14,16,18-19H,8-9,11H2,1-4H3,(H,33,36). The molecule has 192 valence electrons. The molecule has 0 spiro atoms. The number of carbonyl (C=O) groups excluding carboxylic acids is 1. The van der Waals surface area contributed by atoms with Crippen molar-refractivity contribution in [1.82, 2.24) is 19.2 Å². The SMILES string of the molecule is Cc1cc(F)c(NC(=O)c2cnn(C(C)(C)C)c2F)cc1-c1cc(C2CC3CC(C2)O3)c2nccn2c1. The Balaban J connectivity index is 1.36. The molecule has 0 radical (unpaired) electrons. The van der Waals surface area contributed by atoms with Gasteiger partial charge in [0.25, 0.3) is 5.91 Å². The van der Waals surface area contributed by atoms with Gasteiger partial charge in [-0.1, -0.05) is 0 Å². The summed E-state index contributed by atoms with van der Waals surface area (Å²) < 4.78 is 38.8. The molecule has 7 rings (SSSR count). The fourth-order valence-corrected chi connectivity index (χ4v) is 5.57. The number of hydrogen-bond donors (Lipinski definition) is 1. The van der Waals surface area contributed by atoms with E-state index in [0.717, 1.165) is 51.8 Å². The maximum absolute atomic E-state index is 15.0.